The van der Waals surface area contributed by atoms with Crippen LogP contribution in [0.4, 0.5) is 0 Å². The predicted octanol–water partition coefficient (Wildman–Crippen LogP) is 0.657. The second-order valence-electron chi connectivity index (χ2n) is 1.65. The number of Topliss-reactive ketones (excluding diaryl/α,β-unsaturated/α-hetero) is 1. The van der Waals surface area contributed by atoms with Crippen LogP contribution < -0.4 is 0 Å². The van der Waals surface area contributed by atoms with Gasteiger partial charge < -0.3 is 5.11 Å². The van der Waals surface area contributed by atoms with Crippen molar-refractivity contribution in [2.75, 3.05) is 0 Å². The molecule has 0 aromatic rings. The summed E-state index contributed by atoms with van der Waals surface area (Å²) in [6.07, 6.45) is -0.481. The molecule has 0 radical (unpaired) electrons. The molecule has 0 aliphatic heterocycles. The average molecular weight is 151 g/mol. The number of hydrogen-bond acceptors (Lipinski definition) is 2. The molecule has 0 aromatic carbocycles. The summed E-state index contributed by atoms with van der Waals surface area (Å²) in [5, 5.41) is 7.36. The van der Waals surface area contributed by atoms with Gasteiger partial charge in [0.25, 0.3) is 0 Å². The van der Waals surface area contributed by atoms with Gasteiger partial charge in [-0.05, 0) is 6.92 Å². The molecule has 0 heterocycles. The van der Waals surface area contributed by atoms with Gasteiger partial charge in [0, 0.05) is 0 Å². The van der Waals surface area contributed by atoms with E-state index in [0.717, 1.165) is 0 Å². The molecule has 0 fully saturated rings. The molecule has 1 atom stereocenters. The number of halogens is 1. The molecule has 0 spiro atoms. The van der Waals surface area contributed by atoms with Crippen LogP contribution in [0.15, 0.2) is 0 Å². The average Bonchev–Trinajstić information content (AvgIpc) is 1.63. The maximum absolute atomic E-state index is 10.4. The Morgan fingerprint density at radius 3 is 2.22 bits per heavy atom. The maximum Gasteiger partial charge on any atom is 0.310 e. The predicted molar refractivity (Wildman–Crippen MR) is 32.6 cm³/mol. The van der Waals surface area contributed by atoms with Crippen molar-refractivity contribution in [3.63, 3.8) is 0 Å². The van der Waals surface area contributed by atoms with Gasteiger partial charge in [0.05, 0.1) is 5.38 Å². The number of ketones is 1. The second-order valence-corrected chi connectivity index (χ2v) is 2.31. The third kappa shape index (κ3) is 3.97. The Bertz CT molecular complexity index is 130. The molecule has 0 aliphatic carbocycles. The van der Waals surface area contributed by atoms with E-state index in [1.54, 1.807) is 0 Å². The normalized spacial score (nSPS) is 12.7. The summed E-state index contributed by atoms with van der Waals surface area (Å²) < 4.78 is 0. The van der Waals surface area contributed by atoms with Crippen LogP contribution in [0.5, 0.6) is 0 Å². The lowest BCUT2D eigenvalue weighted by molar-refractivity contribution is -0.140. The zero-order valence-electron chi connectivity index (χ0n) is 4.93. The van der Waals surface area contributed by atoms with Crippen molar-refractivity contribution in [1.82, 2.24) is 0 Å². The third-order valence-corrected chi connectivity index (χ3v) is 1.01. The molecule has 9 heavy (non-hydrogen) atoms. The number of carbonyl (C=O) groups is 2. The minimum absolute atomic E-state index is 0.454. The van der Waals surface area contributed by atoms with Crippen molar-refractivity contribution in [2.24, 2.45) is 0 Å². The summed E-state index contributed by atoms with van der Waals surface area (Å²) in [5.41, 5.74) is 0. The fourth-order valence-electron chi connectivity index (χ4n) is 0.290. The summed E-state index contributed by atoms with van der Waals surface area (Å²) in [7, 11) is 0. The van der Waals surface area contributed by atoms with Crippen molar-refractivity contribution < 1.29 is 14.7 Å². The Hall–Kier alpha value is -0.570. The van der Waals surface area contributed by atoms with E-state index in [1.807, 2.05) is 0 Å². The summed E-state index contributed by atoms with van der Waals surface area (Å²) in [6, 6.07) is 0. The van der Waals surface area contributed by atoms with E-state index in [4.69, 9.17) is 16.7 Å². The van der Waals surface area contributed by atoms with Gasteiger partial charge in [0.1, 0.15) is 6.42 Å². The Morgan fingerprint density at radius 1 is 1.67 bits per heavy atom. The summed E-state index contributed by atoms with van der Waals surface area (Å²) in [5.74, 6) is -1.59. The van der Waals surface area contributed by atoms with Gasteiger partial charge in [-0.2, -0.15) is 0 Å². The van der Waals surface area contributed by atoms with Crippen LogP contribution in [0, 0.1) is 0 Å². The molecule has 0 amide bonds. The lowest BCUT2D eigenvalue weighted by atomic mass is 10.2. The molecule has 0 aliphatic rings. The molecule has 52 valence electrons. The van der Waals surface area contributed by atoms with Crippen LogP contribution in [-0.2, 0) is 9.59 Å². The molecule has 4 heteroatoms. The maximum atomic E-state index is 10.4. The summed E-state index contributed by atoms with van der Waals surface area (Å²) in [4.78, 5) is 20.3. The molecule has 0 bridgehead atoms. The Labute approximate surface area is 57.6 Å². The Balaban J connectivity index is 3.64. The van der Waals surface area contributed by atoms with E-state index in [2.05, 4.69) is 0 Å². The molecular weight excluding hydrogens is 144 g/mol. The first-order valence-corrected chi connectivity index (χ1v) is 2.86. The Morgan fingerprint density at radius 2 is 2.11 bits per heavy atom. The number of rotatable bonds is 3. The second kappa shape index (κ2) is 3.45. The molecular formula is C5H7ClO3. The first kappa shape index (κ1) is 8.43. The fourth-order valence-corrected chi connectivity index (χ4v) is 0.367. The molecule has 0 unspecified atom stereocenters. The highest BCUT2D eigenvalue weighted by Crippen LogP contribution is 1.98. The fraction of sp³-hybridized carbons (Fsp3) is 0.600. The Kier molecular flexibility index (Phi) is 3.24. The third-order valence-electron chi connectivity index (χ3n) is 0.769. The minimum atomic E-state index is -1.13. The van der Waals surface area contributed by atoms with Crippen LogP contribution in [-0.4, -0.2) is 22.2 Å². The van der Waals surface area contributed by atoms with E-state index < -0.39 is 23.6 Å². The highest BCUT2D eigenvalue weighted by Gasteiger charge is 2.12. The molecule has 0 aromatic heterocycles. The van der Waals surface area contributed by atoms with Gasteiger partial charge in [0.2, 0.25) is 0 Å². The van der Waals surface area contributed by atoms with Crippen molar-refractivity contribution in [3.05, 3.63) is 0 Å². The molecule has 1 N–H and O–H groups in total. The molecule has 0 saturated heterocycles. The van der Waals surface area contributed by atoms with Gasteiger partial charge in [-0.3, -0.25) is 9.59 Å². The number of carbonyl (C=O) groups excluding carboxylic acids is 1. The number of alkyl halides is 1. The summed E-state index contributed by atoms with van der Waals surface area (Å²) in [6.45, 7) is 1.45. The van der Waals surface area contributed by atoms with Crippen molar-refractivity contribution in [3.8, 4) is 0 Å². The number of carboxylic acids is 1. The van der Waals surface area contributed by atoms with E-state index in [-0.39, 0.29) is 0 Å². The minimum Gasteiger partial charge on any atom is -0.481 e. The van der Waals surface area contributed by atoms with Gasteiger partial charge in [-0.1, -0.05) is 0 Å². The van der Waals surface area contributed by atoms with Gasteiger partial charge in [0.15, 0.2) is 5.78 Å². The quantitative estimate of drug-likeness (QED) is 0.475. The van der Waals surface area contributed by atoms with Crippen LogP contribution in [0.2, 0.25) is 0 Å². The van der Waals surface area contributed by atoms with Crippen LogP contribution >= 0.6 is 11.6 Å². The summed E-state index contributed by atoms with van der Waals surface area (Å²) >= 11 is 5.26. The van der Waals surface area contributed by atoms with Crippen molar-refractivity contribution >= 4 is 23.4 Å². The first-order valence-electron chi connectivity index (χ1n) is 2.42. The van der Waals surface area contributed by atoms with Crippen LogP contribution in [0.25, 0.3) is 0 Å². The number of aliphatic carboxylic acids is 1. The van der Waals surface area contributed by atoms with E-state index >= 15 is 0 Å². The standard InChI is InChI=1S/C5H7ClO3/c1-3(6)4(7)2-5(8)9/h3H,2H2,1H3,(H,8,9)/t3-/m0/s1. The SMILES string of the molecule is C[C@H](Cl)C(=O)CC(=O)O. The lowest BCUT2D eigenvalue weighted by Gasteiger charge is -1.95. The highest BCUT2D eigenvalue weighted by molar-refractivity contribution is 6.31. The molecule has 0 rings (SSSR count). The number of hydrogen-bond donors (Lipinski definition) is 1. The zero-order chi connectivity index (χ0) is 7.44. The van der Waals surface area contributed by atoms with Crippen molar-refractivity contribution in [1.29, 1.82) is 0 Å². The lowest BCUT2D eigenvalue weighted by Crippen LogP contribution is -2.14. The van der Waals surface area contributed by atoms with E-state index in [9.17, 15) is 9.59 Å². The van der Waals surface area contributed by atoms with E-state index in [1.165, 1.54) is 6.92 Å². The largest absolute Gasteiger partial charge is 0.481 e. The highest BCUT2D eigenvalue weighted by atomic mass is 35.5. The smallest absolute Gasteiger partial charge is 0.310 e. The zero-order valence-corrected chi connectivity index (χ0v) is 5.68. The van der Waals surface area contributed by atoms with Gasteiger partial charge in [-0.25, -0.2) is 0 Å². The van der Waals surface area contributed by atoms with Gasteiger partial charge >= 0.3 is 5.97 Å². The number of carboxylic acid groups (broad SMARTS) is 1. The molecule has 0 saturated carbocycles. The monoisotopic (exact) mass is 150 g/mol. The van der Waals surface area contributed by atoms with Crippen molar-refractivity contribution in [2.45, 2.75) is 18.7 Å². The van der Waals surface area contributed by atoms with Gasteiger partial charge in [-0.15, -0.1) is 11.6 Å². The first-order chi connectivity index (χ1) is 4.04. The van der Waals surface area contributed by atoms with Crippen LogP contribution in [0.1, 0.15) is 13.3 Å². The van der Waals surface area contributed by atoms with E-state index in [0.29, 0.717) is 0 Å². The molecule has 3 nitrogen and oxygen atoms in total. The van der Waals surface area contributed by atoms with Crippen LogP contribution in [0.3, 0.4) is 0 Å². The topological polar surface area (TPSA) is 54.4 Å².